The minimum atomic E-state index is 0.434. The largest absolute Gasteiger partial charge is 0.332 e. The molecule has 0 N–H and O–H groups in total. The summed E-state index contributed by atoms with van der Waals surface area (Å²) in [6, 6.07) is 22.0. The molecule has 0 aliphatic carbocycles. The Bertz CT molecular complexity index is 942. The molecule has 0 aliphatic heterocycles. The number of nitrogens with zero attached hydrogens (tertiary/aromatic N) is 4. The minimum Gasteiger partial charge on any atom is -0.332 e. The molecule has 118 valence electrons. The average molecular weight is 316 g/mol. The lowest BCUT2D eigenvalue weighted by atomic mass is 10.2. The van der Waals surface area contributed by atoms with E-state index in [1.54, 1.807) is 0 Å². The third-order valence-corrected chi connectivity index (χ3v) is 3.83. The van der Waals surface area contributed by atoms with Crippen LogP contribution in [0.5, 0.6) is 0 Å². The SMILES string of the molecule is Cc1cc(-c2nc(-c3ccccc3)no2)nn1Cc1ccccc1. The smallest absolute Gasteiger partial charge is 0.278 e. The van der Waals surface area contributed by atoms with E-state index in [1.807, 2.05) is 66.2 Å². The van der Waals surface area contributed by atoms with Crippen molar-refractivity contribution in [2.24, 2.45) is 0 Å². The van der Waals surface area contributed by atoms with Gasteiger partial charge in [-0.15, -0.1) is 0 Å². The van der Waals surface area contributed by atoms with Crippen LogP contribution in [0.4, 0.5) is 0 Å². The summed E-state index contributed by atoms with van der Waals surface area (Å²) < 4.78 is 7.33. The van der Waals surface area contributed by atoms with Crippen LogP contribution in [0.15, 0.2) is 71.3 Å². The van der Waals surface area contributed by atoms with Gasteiger partial charge in [-0.25, -0.2) is 0 Å². The normalized spacial score (nSPS) is 10.9. The molecule has 0 radical (unpaired) electrons. The van der Waals surface area contributed by atoms with Gasteiger partial charge in [-0.2, -0.15) is 10.1 Å². The first kappa shape index (κ1) is 14.4. The van der Waals surface area contributed by atoms with Crippen molar-refractivity contribution in [3.63, 3.8) is 0 Å². The predicted molar refractivity (Wildman–Crippen MR) is 91.2 cm³/mol. The zero-order valence-corrected chi connectivity index (χ0v) is 13.3. The Morgan fingerprint density at radius 1 is 0.958 bits per heavy atom. The van der Waals surface area contributed by atoms with Crippen LogP contribution in [-0.4, -0.2) is 19.9 Å². The number of rotatable bonds is 4. The maximum absolute atomic E-state index is 5.39. The van der Waals surface area contributed by atoms with Gasteiger partial charge in [-0.1, -0.05) is 65.8 Å². The third-order valence-electron chi connectivity index (χ3n) is 3.83. The molecule has 24 heavy (non-hydrogen) atoms. The van der Waals surface area contributed by atoms with Gasteiger partial charge in [0.25, 0.3) is 5.89 Å². The molecule has 2 heterocycles. The fraction of sp³-hybridized carbons (Fsp3) is 0.105. The molecular weight excluding hydrogens is 300 g/mol. The Morgan fingerprint density at radius 2 is 1.67 bits per heavy atom. The van der Waals surface area contributed by atoms with Crippen LogP contribution in [0, 0.1) is 6.92 Å². The van der Waals surface area contributed by atoms with Crippen LogP contribution in [0.3, 0.4) is 0 Å². The molecule has 0 saturated carbocycles. The van der Waals surface area contributed by atoms with E-state index in [2.05, 4.69) is 27.4 Å². The van der Waals surface area contributed by atoms with Gasteiger partial charge in [-0.05, 0) is 18.6 Å². The van der Waals surface area contributed by atoms with Crippen LogP contribution >= 0.6 is 0 Å². The van der Waals surface area contributed by atoms with E-state index in [-0.39, 0.29) is 0 Å². The lowest BCUT2D eigenvalue weighted by Crippen LogP contribution is -2.03. The molecule has 0 atom stereocenters. The number of hydrogen-bond donors (Lipinski definition) is 0. The first-order chi connectivity index (χ1) is 11.8. The van der Waals surface area contributed by atoms with E-state index in [9.17, 15) is 0 Å². The van der Waals surface area contributed by atoms with Crippen molar-refractivity contribution in [1.82, 2.24) is 19.9 Å². The summed E-state index contributed by atoms with van der Waals surface area (Å²) in [5.41, 5.74) is 3.87. The summed E-state index contributed by atoms with van der Waals surface area (Å²) in [4.78, 5) is 4.46. The number of aryl methyl sites for hydroxylation is 1. The van der Waals surface area contributed by atoms with E-state index >= 15 is 0 Å². The van der Waals surface area contributed by atoms with Gasteiger partial charge < -0.3 is 4.52 Å². The summed E-state index contributed by atoms with van der Waals surface area (Å²) in [6.45, 7) is 2.74. The first-order valence-corrected chi connectivity index (χ1v) is 7.77. The van der Waals surface area contributed by atoms with Crippen LogP contribution in [0.1, 0.15) is 11.3 Å². The molecule has 0 bridgehead atoms. The molecule has 0 spiro atoms. The zero-order valence-electron chi connectivity index (χ0n) is 13.3. The zero-order chi connectivity index (χ0) is 16.4. The maximum Gasteiger partial charge on any atom is 0.278 e. The quantitative estimate of drug-likeness (QED) is 0.572. The Hall–Kier alpha value is -3.21. The topological polar surface area (TPSA) is 56.7 Å². The summed E-state index contributed by atoms with van der Waals surface area (Å²) in [6.07, 6.45) is 0. The minimum absolute atomic E-state index is 0.434. The van der Waals surface area contributed by atoms with Crippen molar-refractivity contribution in [1.29, 1.82) is 0 Å². The molecule has 0 saturated heterocycles. The lowest BCUT2D eigenvalue weighted by Gasteiger charge is -2.03. The average Bonchev–Trinajstić information content (AvgIpc) is 3.24. The van der Waals surface area contributed by atoms with Gasteiger partial charge >= 0.3 is 0 Å². The Balaban J connectivity index is 1.62. The summed E-state index contributed by atoms with van der Waals surface area (Å²) in [7, 11) is 0. The van der Waals surface area contributed by atoms with E-state index in [0.29, 0.717) is 24.0 Å². The maximum atomic E-state index is 5.39. The van der Waals surface area contributed by atoms with Crippen molar-refractivity contribution in [3.8, 4) is 23.0 Å². The Labute approximate surface area is 139 Å². The van der Waals surface area contributed by atoms with Gasteiger partial charge in [0.1, 0.15) is 0 Å². The highest BCUT2D eigenvalue weighted by Gasteiger charge is 2.14. The second-order valence-electron chi connectivity index (χ2n) is 5.60. The Kier molecular flexibility index (Phi) is 3.67. The highest BCUT2D eigenvalue weighted by atomic mass is 16.5. The van der Waals surface area contributed by atoms with E-state index in [1.165, 1.54) is 5.56 Å². The highest BCUT2D eigenvalue weighted by Crippen LogP contribution is 2.22. The number of benzene rings is 2. The van der Waals surface area contributed by atoms with Crippen LogP contribution < -0.4 is 0 Å². The van der Waals surface area contributed by atoms with Gasteiger partial charge in [0.2, 0.25) is 5.82 Å². The molecule has 0 aliphatic rings. The van der Waals surface area contributed by atoms with Gasteiger partial charge in [0.05, 0.1) is 6.54 Å². The van der Waals surface area contributed by atoms with E-state index in [0.717, 1.165) is 11.3 Å². The van der Waals surface area contributed by atoms with E-state index in [4.69, 9.17) is 4.52 Å². The van der Waals surface area contributed by atoms with Crippen molar-refractivity contribution < 1.29 is 4.52 Å². The van der Waals surface area contributed by atoms with Crippen LogP contribution in [0.2, 0.25) is 0 Å². The first-order valence-electron chi connectivity index (χ1n) is 7.77. The summed E-state index contributed by atoms with van der Waals surface area (Å²) in [5.74, 6) is 1.00. The standard InChI is InChI=1S/C19H16N4O/c1-14-12-17(21-23(14)13-15-8-4-2-5-9-15)19-20-18(22-24-19)16-10-6-3-7-11-16/h2-12H,13H2,1H3. The van der Waals surface area contributed by atoms with Gasteiger partial charge in [-0.3, -0.25) is 4.68 Å². The molecule has 2 aromatic carbocycles. The Morgan fingerprint density at radius 3 is 2.42 bits per heavy atom. The monoisotopic (exact) mass is 316 g/mol. The van der Waals surface area contributed by atoms with Crippen LogP contribution in [-0.2, 0) is 6.54 Å². The third kappa shape index (κ3) is 2.84. The fourth-order valence-electron chi connectivity index (χ4n) is 2.56. The molecular formula is C19H16N4O. The molecule has 2 aromatic heterocycles. The molecule has 4 aromatic rings. The molecule has 4 rings (SSSR count). The van der Waals surface area contributed by atoms with Crippen molar-refractivity contribution in [2.45, 2.75) is 13.5 Å². The van der Waals surface area contributed by atoms with E-state index < -0.39 is 0 Å². The summed E-state index contributed by atoms with van der Waals surface area (Å²) >= 11 is 0. The lowest BCUT2D eigenvalue weighted by molar-refractivity contribution is 0.430. The second-order valence-corrected chi connectivity index (χ2v) is 5.60. The summed E-state index contributed by atoms with van der Waals surface area (Å²) in [5, 5.41) is 8.65. The van der Waals surface area contributed by atoms with Crippen molar-refractivity contribution >= 4 is 0 Å². The second kappa shape index (κ2) is 6.12. The number of aromatic nitrogens is 4. The van der Waals surface area contributed by atoms with Gasteiger partial charge in [0, 0.05) is 11.3 Å². The predicted octanol–water partition coefficient (Wildman–Crippen LogP) is 3.96. The molecule has 5 nitrogen and oxygen atoms in total. The van der Waals surface area contributed by atoms with Gasteiger partial charge in [0.15, 0.2) is 5.69 Å². The molecule has 0 amide bonds. The molecule has 5 heteroatoms. The molecule has 0 fully saturated rings. The molecule has 0 unspecified atom stereocenters. The highest BCUT2D eigenvalue weighted by molar-refractivity contribution is 5.57. The fourth-order valence-corrected chi connectivity index (χ4v) is 2.56. The van der Waals surface area contributed by atoms with Crippen LogP contribution in [0.25, 0.3) is 23.0 Å². The van der Waals surface area contributed by atoms with Crippen molar-refractivity contribution in [3.05, 3.63) is 78.0 Å². The van der Waals surface area contributed by atoms with Crippen molar-refractivity contribution in [2.75, 3.05) is 0 Å². The number of hydrogen-bond acceptors (Lipinski definition) is 4.